The second kappa shape index (κ2) is 7.16. The van der Waals surface area contributed by atoms with Crippen LogP contribution in [0, 0.1) is 6.92 Å². The maximum atomic E-state index is 11.9. The van der Waals surface area contributed by atoms with E-state index in [1.165, 1.54) is 22.7 Å². The molecule has 1 saturated heterocycles. The fraction of sp³-hybridized carbons (Fsp3) is 0.500. The minimum absolute atomic E-state index is 0.159. The van der Waals surface area contributed by atoms with E-state index in [0.29, 0.717) is 26.2 Å². The van der Waals surface area contributed by atoms with Crippen molar-refractivity contribution in [2.75, 3.05) is 36.8 Å². The normalized spacial score (nSPS) is 16.5. The van der Waals surface area contributed by atoms with Crippen LogP contribution in [0.2, 0.25) is 0 Å². The van der Waals surface area contributed by atoms with Gasteiger partial charge in [0, 0.05) is 44.1 Å². The number of hydrogen-bond acceptors (Lipinski definition) is 6. The highest BCUT2D eigenvalue weighted by molar-refractivity contribution is 7.89. The number of piperazine rings is 1. The van der Waals surface area contributed by atoms with Crippen molar-refractivity contribution in [2.45, 2.75) is 20.3 Å². The number of aromatic nitrogens is 2. The molecular formula is C16H22N4O2S2. The van der Waals surface area contributed by atoms with Crippen LogP contribution in [0.3, 0.4) is 0 Å². The Morgan fingerprint density at radius 3 is 2.42 bits per heavy atom. The minimum atomic E-state index is -3.09. The monoisotopic (exact) mass is 366 g/mol. The van der Waals surface area contributed by atoms with Crippen molar-refractivity contribution in [3.05, 3.63) is 41.2 Å². The first-order valence-electron chi connectivity index (χ1n) is 8.09. The average molecular weight is 367 g/mol. The van der Waals surface area contributed by atoms with Gasteiger partial charge in [0.1, 0.15) is 5.82 Å². The van der Waals surface area contributed by atoms with Gasteiger partial charge in [-0.3, -0.25) is 0 Å². The molecule has 2 aromatic rings. The van der Waals surface area contributed by atoms with Crippen LogP contribution in [-0.2, 0) is 16.4 Å². The summed E-state index contributed by atoms with van der Waals surface area (Å²) in [6, 6.07) is 8.39. The van der Waals surface area contributed by atoms with E-state index < -0.39 is 10.0 Å². The molecule has 0 atom stereocenters. The van der Waals surface area contributed by atoms with Gasteiger partial charge in [-0.2, -0.15) is 8.68 Å². The lowest BCUT2D eigenvalue weighted by Crippen LogP contribution is -2.49. The lowest BCUT2D eigenvalue weighted by molar-refractivity contribution is 0.385. The summed E-state index contributed by atoms with van der Waals surface area (Å²) in [5.74, 6) is 0.981. The first-order chi connectivity index (χ1) is 11.5. The molecule has 0 radical (unpaired) electrons. The maximum absolute atomic E-state index is 11.9. The van der Waals surface area contributed by atoms with Crippen LogP contribution in [-0.4, -0.2) is 54.0 Å². The molecule has 2 heterocycles. The molecule has 1 aliphatic rings. The summed E-state index contributed by atoms with van der Waals surface area (Å²) in [6.45, 7) is 6.12. The Morgan fingerprint density at radius 1 is 1.12 bits per heavy atom. The second-order valence-electron chi connectivity index (χ2n) is 5.94. The molecule has 1 aliphatic heterocycles. The number of benzene rings is 1. The van der Waals surface area contributed by atoms with Crippen LogP contribution in [0.4, 0.5) is 5.13 Å². The van der Waals surface area contributed by atoms with Crippen LogP contribution in [0.1, 0.15) is 23.9 Å². The molecule has 1 fully saturated rings. The molecule has 0 aliphatic carbocycles. The Labute approximate surface area is 147 Å². The number of nitrogens with zero attached hydrogens (tertiary/aromatic N) is 4. The number of aryl methyl sites for hydroxylation is 1. The Bertz CT molecular complexity index is 779. The first-order valence-corrected chi connectivity index (χ1v) is 10.5. The number of rotatable bonds is 5. The van der Waals surface area contributed by atoms with E-state index in [-0.39, 0.29) is 5.75 Å². The van der Waals surface area contributed by atoms with E-state index in [4.69, 9.17) is 0 Å². The van der Waals surface area contributed by atoms with E-state index in [2.05, 4.69) is 45.4 Å². The van der Waals surface area contributed by atoms with Crippen molar-refractivity contribution in [1.29, 1.82) is 0 Å². The summed E-state index contributed by atoms with van der Waals surface area (Å²) in [7, 11) is -3.09. The maximum Gasteiger partial charge on any atom is 0.213 e. The third-order valence-electron chi connectivity index (χ3n) is 4.21. The number of hydrogen-bond donors (Lipinski definition) is 0. The molecule has 130 valence electrons. The first kappa shape index (κ1) is 17.3. The zero-order chi connectivity index (χ0) is 17.2. The zero-order valence-electron chi connectivity index (χ0n) is 14.0. The fourth-order valence-corrected chi connectivity index (χ4v) is 4.50. The van der Waals surface area contributed by atoms with Crippen LogP contribution in [0.15, 0.2) is 24.3 Å². The van der Waals surface area contributed by atoms with Crippen molar-refractivity contribution >= 4 is 26.7 Å². The van der Waals surface area contributed by atoms with Gasteiger partial charge in [-0.25, -0.2) is 13.4 Å². The third kappa shape index (κ3) is 3.93. The van der Waals surface area contributed by atoms with Gasteiger partial charge in [0.05, 0.1) is 5.75 Å². The molecule has 8 heteroatoms. The van der Waals surface area contributed by atoms with Crippen LogP contribution in [0.5, 0.6) is 0 Å². The minimum Gasteiger partial charge on any atom is -0.344 e. The van der Waals surface area contributed by atoms with Crippen LogP contribution < -0.4 is 4.90 Å². The van der Waals surface area contributed by atoms with Crippen molar-refractivity contribution in [3.8, 4) is 0 Å². The van der Waals surface area contributed by atoms with Crippen LogP contribution >= 0.6 is 11.5 Å². The van der Waals surface area contributed by atoms with Gasteiger partial charge in [0.2, 0.25) is 15.2 Å². The molecule has 3 rings (SSSR count). The van der Waals surface area contributed by atoms with Gasteiger partial charge in [-0.1, -0.05) is 29.8 Å². The molecule has 6 nitrogen and oxygen atoms in total. The molecule has 0 unspecified atom stereocenters. The highest BCUT2D eigenvalue weighted by Gasteiger charge is 2.26. The topological polar surface area (TPSA) is 66.4 Å². The summed E-state index contributed by atoms with van der Waals surface area (Å²) < 4.78 is 29.8. The Kier molecular flexibility index (Phi) is 5.17. The molecule has 0 amide bonds. The molecule has 0 N–H and O–H groups in total. The quantitative estimate of drug-likeness (QED) is 0.809. The third-order valence-corrected chi connectivity index (χ3v) is 6.90. The van der Waals surface area contributed by atoms with Crippen molar-refractivity contribution in [1.82, 2.24) is 13.7 Å². The molecule has 0 spiro atoms. The van der Waals surface area contributed by atoms with Gasteiger partial charge in [0.25, 0.3) is 0 Å². The average Bonchev–Trinajstić information content (AvgIpc) is 3.05. The van der Waals surface area contributed by atoms with Gasteiger partial charge in [-0.15, -0.1) is 0 Å². The SMILES string of the molecule is CCS(=O)(=O)N1CCN(c2nc(Cc3ccc(C)cc3)ns2)CC1. The largest absolute Gasteiger partial charge is 0.344 e. The predicted octanol–water partition coefficient (Wildman–Crippen LogP) is 1.91. The Morgan fingerprint density at radius 2 is 1.79 bits per heavy atom. The molecule has 0 saturated carbocycles. The number of sulfonamides is 1. The molecule has 0 bridgehead atoms. The molecule has 1 aromatic carbocycles. The zero-order valence-corrected chi connectivity index (χ0v) is 15.6. The summed E-state index contributed by atoms with van der Waals surface area (Å²) in [4.78, 5) is 6.75. The van der Waals surface area contributed by atoms with E-state index >= 15 is 0 Å². The van der Waals surface area contributed by atoms with E-state index in [1.54, 1.807) is 11.2 Å². The van der Waals surface area contributed by atoms with Gasteiger partial charge < -0.3 is 4.90 Å². The molecule has 1 aromatic heterocycles. The fourth-order valence-electron chi connectivity index (χ4n) is 2.67. The van der Waals surface area contributed by atoms with E-state index in [9.17, 15) is 8.42 Å². The lowest BCUT2D eigenvalue weighted by Gasteiger charge is -2.33. The summed E-state index contributed by atoms with van der Waals surface area (Å²) in [5.41, 5.74) is 2.44. The Balaban J connectivity index is 1.61. The smallest absolute Gasteiger partial charge is 0.213 e. The second-order valence-corrected chi connectivity index (χ2v) is 8.93. The summed E-state index contributed by atoms with van der Waals surface area (Å²) >= 11 is 1.39. The van der Waals surface area contributed by atoms with Crippen LogP contribution in [0.25, 0.3) is 0 Å². The van der Waals surface area contributed by atoms with Crippen molar-refractivity contribution in [3.63, 3.8) is 0 Å². The number of anilines is 1. The highest BCUT2D eigenvalue weighted by Crippen LogP contribution is 2.21. The summed E-state index contributed by atoms with van der Waals surface area (Å²) in [6.07, 6.45) is 0.723. The van der Waals surface area contributed by atoms with Crippen molar-refractivity contribution < 1.29 is 8.42 Å². The lowest BCUT2D eigenvalue weighted by atomic mass is 10.1. The Hall–Kier alpha value is -1.51. The van der Waals surface area contributed by atoms with Gasteiger partial charge in [-0.05, 0) is 19.4 Å². The van der Waals surface area contributed by atoms with Gasteiger partial charge in [0.15, 0.2) is 0 Å². The van der Waals surface area contributed by atoms with Crippen molar-refractivity contribution in [2.24, 2.45) is 0 Å². The van der Waals surface area contributed by atoms with Gasteiger partial charge >= 0.3 is 0 Å². The standard InChI is InChI=1S/C16H22N4O2S2/c1-3-24(21,22)20-10-8-19(9-11-20)16-17-15(18-23-16)12-14-6-4-13(2)5-7-14/h4-7H,3,8-12H2,1-2H3. The molecular weight excluding hydrogens is 344 g/mol. The summed E-state index contributed by atoms with van der Waals surface area (Å²) in [5, 5.41) is 0.880. The molecule has 24 heavy (non-hydrogen) atoms. The predicted molar refractivity (Wildman–Crippen MR) is 97.1 cm³/mol. The van der Waals surface area contributed by atoms with E-state index in [0.717, 1.165) is 17.4 Å². The van der Waals surface area contributed by atoms with E-state index in [1.807, 2.05) is 0 Å². The highest BCUT2D eigenvalue weighted by atomic mass is 32.2.